The SMILES string of the molecule is COc1coc(Oc2ccc(C(=O)NC3C4CCN(CC4)C3C)cc2)c1. The van der Waals surface area contributed by atoms with Crippen molar-refractivity contribution in [2.45, 2.75) is 31.8 Å². The molecule has 0 aliphatic carbocycles. The first-order valence-corrected chi connectivity index (χ1v) is 9.09. The van der Waals surface area contributed by atoms with Gasteiger partial charge < -0.3 is 19.2 Å². The summed E-state index contributed by atoms with van der Waals surface area (Å²) in [4.78, 5) is 15.1. The quantitative estimate of drug-likeness (QED) is 0.891. The zero-order valence-electron chi connectivity index (χ0n) is 15.1. The van der Waals surface area contributed by atoms with Crippen molar-refractivity contribution in [3.05, 3.63) is 42.2 Å². The van der Waals surface area contributed by atoms with E-state index in [0.29, 0.717) is 35.0 Å². The molecule has 2 aromatic rings. The summed E-state index contributed by atoms with van der Waals surface area (Å²) >= 11 is 0. The van der Waals surface area contributed by atoms with Gasteiger partial charge in [0.2, 0.25) is 0 Å². The van der Waals surface area contributed by atoms with Crippen LogP contribution in [0.5, 0.6) is 17.4 Å². The van der Waals surface area contributed by atoms with E-state index in [1.807, 2.05) is 0 Å². The minimum absolute atomic E-state index is 0.0261. The number of furan rings is 1. The minimum Gasteiger partial charge on any atom is -0.493 e. The lowest BCUT2D eigenvalue weighted by atomic mass is 9.79. The van der Waals surface area contributed by atoms with Gasteiger partial charge in [0.15, 0.2) is 5.75 Å². The van der Waals surface area contributed by atoms with E-state index < -0.39 is 0 Å². The number of nitrogens with one attached hydrogen (secondary N) is 1. The van der Waals surface area contributed by atoms with Crippen molar-refractivity contribution in [1.82, 2.24) is 10.2 Å². The van der Waals surface area contributed by atoms with Crippen molar-refractivity contribution in [1.29, 1.82) is 0 Å². The first-order chi connectivity index (χ1) is 12.6. The lowest BCUT2D eigenvalue weighted by Gasteiger charge is -2.49. The van der Waals surface area contributed by atoms with Gasteiger partial charge in [0.25, 0.3) is 11.9 Å². The molecule has 2 unspecified atom stereocenters. The van der Waals surface area contributed by atoms with Crippen molar-refractivity contribution >= 4 is 5.91 Å². The second-order valence-corrected chi connectivity index (χ2v) is 7.05. The Labute approximate surface area is 153 Å². The molecule has 5 rings (SSSR count). The van der Waals surface area contributed by atoms with Gasteiger partial charge in [0, 0.05) is 17.6 Å². The zero-order valence-corrected chi connectivity index (χ0v) is 15.1. The first kappa shape index (κ1) is 17.0. The van der Waals surface area contributed by atoms with Crippen LogP contribution < -0.4 is 14.8 Å². The molecule has 138 valence electrons. The second-order valence-electron chi connectivity index (χ2n) is 7.05. The summed E-state index contributed by atoms with van der Waals surface area (Å²) in [7, 11) is 1.57. The first-order valence-electron chi connectivity index (χ1n) is 9.09. The van der Waals surface area contributed by atoms with Crippen molar-refractivity contribution < 1.29 is 18.7 Å². The van der Waals surface area contributed by atoms with Crippen LogP contribution in [-0.2, 0) is 0 Å². The Morgan fingerprint density at radius 2 is 1.92 bits per heavy atom. The summed E-state index contributed by atoms with van der Waals surface area (Å²) in [5.74, 6) is 2.12. The normalized spacial score (nSPS) is 27.2. The summed E-state index contributed by atoms with van der Waals surface area (Å²) in [6.45, 7) is 4.52. The van der Waals surface area contributed by atoms with Crippen LogP contribution in [0.3, 0.4) is 0 Å². The summed E-state index contributed by atoms with van der Waals surface area (Å²) in [6.07, 6.45) is 3.83. The molecule has 3 aliphatic heterocycles. The van der Waals surface area contributed by atoms with Crippen LogP contribution in [-0.4, -0.2) is 43.1 Å². The topological polar surface area (TPSA) is 63.9 Å². The monoisotopic (exact) mass is 356 g/mol. The Morgan fingerprint density at radius 1 is 1.19 bits per heavy atom. The number of hydrogen-bond acceptors (Lipinski definition) is 5. The Morgan fingerprint density at radius 3 is 2.54 bits per heavy atom. The minimum atomic E-state index is -0.0261. The summed E-state index contributed by atoms with van der Waals surface area (Å²) in [5.41, 5.74) is 0.637. The molecule has 26 heavy (non-hydrogen) atoms. The highest BCUT2D eigenvalue weighted by molar-refractivity contribution is 5.94. The molecular weight excluding hydrogens is 332 g/mol. The Hall–Kier alpha value is -2.47. The van der Waals surface area contributed by atoms with Gasteiger partial charge in [0.1, 0.15) is 12.0 Å². The third-order valence-electron chi connectivity index (χ3n) is 5.60. The molecule has 0 saturated carbocycles. The van der Waals surface area contributed by atoms with Crippen LogP contribution in [0.15, 0.2) is 41.0 Å². The maximum Gasteiger partial charge on any atom is 0.293 e. The standard InChI is InChI=1S/C20H24N2O4/c1-13-19(14-7-9-22(13)10-8-14)21-20(23)15-3-5-16(6-4-15)26-18-11-17(24-2)12-25-18/h3-6,11-14,19H,7-10H2,1-2H3,(H,21,23). The zero-order chi connectivity index (χ0) is 18.1. The number of benzene rings is 1. The maximum atomic E-state index is 12.6. The van der Waals surface area contributed by atoms with Crippen LogP contribution >= 0.6 is 0 Å². The van der Waals surface area contributed by atoms with Crippen LogP contribution in [0, 0.1) is 5.92 Å². The number of rotatable bonds is 5. The number of hydrogen-bond donors (Lipinski definition) is 1. The number of amides is 1. The molecule has 1 aromatic carbocycles. The number of carbonyl (C=O) groups is 1. The van der Waals surface area contributed by atoms with E-state index in [-0.39, 0.29) is 11.9 Å². The van der Waals surface area contributed by atoms with E-state index in [1.54, 1.807) is 37.4 Å². The summed E-state index contributed by atoms with van der Waals surface area (Å²) < 4.78 is 15.9. The van der Waals surface area contributed by atoms with Crippen molar-refractivity contribution in [2.24, 2.45) is 5.92 Å². The molecular formula is C20H24N2O4. The smallest absolute Gasteiger partial charge is 0.293 e. The molecule has 1 aromatic heterocycles. The highest BCUT2D eigenvalue weighted by Gasteiger charge is 2.40. The van der Waals surface area contributed by atoms with Gasteiger partial charge in [-0.2, -0.15) is 0 Å². The highest BCUT2D eigenvalue weighted by Crippen LogP contribution is 2.32. The van der Waals surface area contributed by atoms with Crippen molar-refractivity contribution in [3.8, 4) is 17.4 Å². The molecule has 2 atom stereocenters. The van der Waals surface area contributed by atoms with E-state index >= 15 is 0 Å². The lowest BCUT2D eigenvalue weighted by Crippen LogP contribution is -2.62. The summed E-state index contributed by atoms with van der Waals surface area (Å²) in [6, 6.07) is 9.39. The van der Waals surface area contributed by atoms with Crippen LogP contribution in [0.1, 0.15) is 30.1 Å². The number of carbonyl (C=O) groups excluding carboxylic acids is 1. The molecule has 1 amide bonds. The molecule has 4 heterocycles. The van der Waals surface area contributed by atoms with Crippen LogP contribution in [0.4, 0.5) is 0 Å². The second kappa shape index (κ2) is 7.03. The van der Waals surface area contributed by atoms with E-state index in [4.69, 9.17) is 13.9 Å². The van der Waals surface area contributed by atoms with Crippen LogP contribution in [0.25, 0.3) is 0 Å². The van der Waals surface area contributed by atoms with Gasteiger partial charge in [-0.1, -0.05) is 0 Å². The van der Waals surface area contributed by atoms with Gasteiger partial charge in [-0.3, -0.25) is 9.69 Å². The maximum absolute atomic E-state index is 12.6. The molecule has 3 saturated heterocycles. The highest BCUT2D eigenvalue weighted by atomic mass is 16.6. The van der Waals surface area contributed by atoms with Gasteiger partial charge in [-0.15, -0.1) is 0 Å². The third kappa shape index (κ3) is 3.29. The summed E-state index contributed by atoms with van der Waals surface area (Å²) in [5, 5.41) is 3.24. The molecule has 6 heteroatoms. The molecule has 6 nitrogen and oxygen atoms in total. The molecule has 0 spiro atoms. The fourth-order valence-electron chi connectivity index (χ4n) is 4.03. The Bertz CT molecular complexity index is 760. The van der Waals surface area contributed by atoms with E-state index in [9.17, 15) is 4.79 Å². The molecule has 2 bridgehead atoms. The number of methoxy groups -OCH3 is 1. The van der Waals surface area contributed by atoms with E-state index in [0.717, 1.165) is 13.1 Å². The van der Waals surface area contributed by atoms with Crippen molar-refractivity contribution in [2.75, 3.05) is 20.2 Å². The largest absolute Gasteiger partial charge is 0.493 e. The molecule has 3 fully saturated rings. The van der Waals surface area contributed by atoms with Gasteiger partial charge in [0.05, 0.1) is 13.2 Å². The molecule has 1 N–H and O–H groups in total. The Kier molecular flexibility index (Phi) is 4.59. The van der Waals surface area contributed by atoms with Crippen LogP contribution in [0.2, 0.25) is 0 Å². The third-order valence-corrected chi connectivity index (χ3v) is 5.60. The van der Waals surface area contributed by atoms with Gasteiger partial charge in [-0.05, 0) is 63.0 Å². The Balaban J connectivity index is 1.39. The van der Waals surface area contributed by atoms with Crippen molar-refractivity contribution in [3.63, 3.8) is 0 Å². The number of fused-ring (bicyclic) bond motifs is 3. The van der Waals surface area contributed by atoms with Gasteiger partial charge in [-0.25, -0.2) is 0 Å². The number of nitrogens with zero attached hydrogens (tertiary/aromatic N) is 1. The fraction of sp³-hybridized carbons (Fsp3) is 0.450. The number of ether oxygens (including phenoxy) is 2. The number of piperidine rings is 3. The average Bonchev–Trinajstić information content (AvgIpc) is 3.13. The van der Waals surface area contributed by atoms with E-state index in [1.165, 1.54) is 19.1 Å². The predicted octanol–water partition coefficient (Wildman–Crippen LogP) is 3.29. The molecule has 3 aliphatic rings. The van der Waals surface area contributed by atoms with E-state index in [2.05, 4.69) is 17.1 Å². The average molecular weight is 356 g/mol. The van der Waals surface area contributed by atoms with Gasteiger partial charge >= 0.3 is 0 Å². The fourth-order valence-corrected chi connectivity index (χ4v) is 4.03. The lowest BCUT2D eigenvalue weighted by molar-refractivity contribution is 0.0217. The molecule has 0 radical (unpaired) electrons. The predicted molar refractivity (Wildman–Crippen MR) is 96.8 cm³/mol.